The number of nitrogens with two attached hydrogens (primary N) is 1. The fourth-order valence-corrected chi connectivity index (χ4v) is 3.91. The van der Waals surface area contributed by atoms with Crippen LogP contribution in [0.4, 0.5) is 11.9 Å². The monoisotopic (exact) mass is 540 g/mol. The maximum Gasteiger partial charge on any atom is 0.227 e. The van der Waals surface area contributed by atoms with Crippen molar-refractivity contribution in [2.45, 2.75) is 46.6 Å². The van der Waals surface area contributed by atoms with Gasteiger partial charge in [0.05, 0.1) is 0 Å². The smallest absolute Gasteiger partial charge is 0.227 e. The number of anilines is 2. The number of aromatic nitrogens is 4. The quantitative estimate of drug-likeness (QED) is 0.131. The van der Waals surface area contributed by atoms with E-state index in [1.54, 1.807) is 6.21 Å². The second-order valence-electron chi connectivity index (χ2n) is 10.6. The first kappa shape index (κ1) is 28.9. The molecule has 9 nitrogen and oxygen atoms in total. The van der Waals surface area contributed by atoms with Gasteiger partial charge in [0.25, 0.3) is 0 Å². The lowest BCUT2D eigenvalue weighted by Crippen LogP contribution is -2.21. The summed E-state index contributed by atoms with van der Waals surface area (Å²) in [6, 6.07) is 19.7. The van der Waals surface area contributed by atoms with E-state index in [2.05, 4.69) is 70.4 Å². The van der Waals surface area contributed by atoms with Gasteiger partial charge in [-0.1, -0.05) is 88.4 Å². The number of hydrogen-bond donors (Lipinski definition) is 3. The van der Waals surface area contributed by atoms with Gasteiger partial charge in [0.15, 0.2) is 17.5 Å². The Balaban J connectivity index is 1.40. The zero-order valence-corrected chi connectivity index (χ0v) is 23.8. The highest BCUT2D eigenvalue weighted by Gasteiger charge is 2.17. The van der Waals surface area contributed by atoms with Crippen molar-refractivity contribution in [3.05, 3.63) is 72.4 Å². The SMILES string of the molecule is CC(C)CNc1nc(NCC(C)C)nc(C(N)C=NCCCc2nc(-c3ccccc3)c(-c3ccccc3)o2)n1. The van der Waals surface area contributed by atoms with Gasteiger partial charge in [-0.15, -0.1) is 0 Å². The molecule has 4 rings (SSSR count). The summed E-state index contributed by atoms with van der Waals surface area (Å²) in [4.78, 5) is 22.9. The van der Waals surface area contributed by atoms with Crippen LogP contribution in [0.2, 0.25) is 0 Å². The van der Waals surface area contributed by atoms with E-state index in [0.29, 0.717) is 48.4 Å². The minimum absolute atomic E-state index is 0.457. The highest BCUT2D eigenvalue weighted by atomic mass is 16.4. The normalized spacial score (nSPS) is 12.4. The van der Waals surface area contributed by atoms with E-state index >= 15 is 0 Å². The first-order chi connectivity index (χ1) is 19.4. The Morgan fingerprint density at radius 3 is 1.95 bits per heavy atom. The Morgan fingerprint density at radius 2 is 1.38 bits per heavy atom. The van der Waals surface area contributed by atoms with Gasteiger partial charge in [-0.3, -0.25) is 4.99 Å². The summed E-state index contributed by atoms with van der Waals surface area (Å²) in [6.07, 6.45) is 3.14. The third-order valence-corrected chi connectivity index (χ3v) is 5.99. The number of benzene rings is 2. The molecule has 2 aromatic heterocycles. The molecule has 4 N–H and O–H groups in total. The van der Waals surface area contributed by atoms with E-state index in [9.17, 15) is 0 Å². The minimum atomic E-state index is -0.543. The molecule has 2 heterocycles. The lowest BCUT2D eigenvalue weighted by Gasteiger charge is -2.13. The van der Waals surface area contributed by atoms with Gasteiger partial charge in [-0.25, -0.2) is 4.98 Å². The van der Waals surface area contributed by atoms with Crippen LogP contribution >= 0.6 is 0 Å². The topological polar surface area (TPSA) is 127 Å². The molecule has 0 fully saturated rings. The summed E-state index contributed by atoms with van der Waals surface area (Å²) < 4.78 is 6.23. The third-order valence-electron chi connectivity index (χ3n) is 5.99. The molecule has 0 spiro atoms. The fraction of sp³-hybridized carbons (Fsp3) is 0.387. The number of oxazole rings is 1. The van der Waals surface area contributed by atoms with Crippen molar-refractivity contribution < 1.29 is 4.42 Å². The van der Waals surface area contributed by atoms with E-state index in [4.69, 9.17) is 15.1 Å². The van der Waals surface area contributed by atoms with Gasteiger partial charge in [-0.05, 0) is 18.3 Å². The van der Waals surface area contributed by atoms with Crippen molar-refractivity contribution in [2.75, 3.05) is 30.3 Å². The Hall–Kier alpha value is -4.11. The number of nitrogens with one attached hydrogen (secondary N) is 2. The minimum Gasteiger partial charge on any atom is -0.440 e. The van der Waals surface area contributed by atoms with Crippen LogP contribution in [0.1, 0.15) is 51.9 Å². The molecule has 0 saturated carbocycles. The molecule has 0 radical (unpaired) electrons. The lowest BCUT2D eigenvalue weighted by molar-refractivity contribution is 0.500. The average molecular weight is 541 g/mol. The van der Waals surface area contributed by atoms with Crippen LogP contribution in [0.25, 0.3) is 22.6 Å². The molecule has 0 aliphatic rings. The molecule has 0 aliphatic heterocycles. The Bertz CT molecular complexity index is 1270. The Morgan fingerprint density at radius 1 is 0.800 bits per heavy atom. The van der Waals surface area contributed by atoms with E-state index in [1.807, 2.05) is 48.5 Å². The van der Waals surface area contributed by atoms with Crippen molar-refractivity contribution in [1.82, 2.24) is 19.9 Å². The largest absolute Gasteiger partial charge is 0.440 e. The lowest BCUT2D eigenvalue weighted by atomic mass is 10.1. The molecule has 2 aromatic carbocycles. The van der Waals surface area contributed by atoms with Gasteiger partial charge in [0.1, 0.15) is 11.7 Å². The molecule has 0 bridgehead atoms. The van der Waals surface area contributed by atoms with Crippen LogP contribution in [0.15, 0.2) is 70.1 Å². The molecular weight excluding hydrogens is 500 g/mol. The second-order valence-corrected chi connectivity index (χ2v) is 10.6. The molecule has 9 heteroatoms. The molecule has 0 amide bonds. The van der Waals surface area contributed by atoms with Crippen LogP contribution in [0, 0.1) is 11.8 Å². The molecular formula is C31H40N8O. The van der Waals surface area contributed by atoms with Gasteiger partial charge in [0, 0.05) is 43.4 Å². The number of aliphatic imine (C=N–C) groups is 1. The van der Waals surface area contributed by atoms with E-state index in [0.717, 1.165) is 42.1 Å². The zero-order chi connectivity index (χ0) is 28.3. The summed E-state index contributed by atoms with van der Waals surface area (Å²) in [6.45, 7) is 10.6. The zero-order valence-electron chi connectivity index (χ0n) is 23.8. The van der Waals surface area contributed by atoms with Crippen LogP contribution in [-0.2, 0) is 6.42 Å². The van der Waals surface area contributed by atoms with E-state index in [-0.39, 0.29) is 0 Å². The van der Waals surface area contributed by atoms with Crippen molar-refractivity contribution in [2.24, 2.45) is 22.6 Å². The first-order valence-electron chi connectivity index (χ1n) is 14.0. The third kappa shape index (κ3) is 8.44. The molecule has 1 atom stereocenters. The van der Waals surface area contributed by atoms with Gasteiger partial charge >= 0.3 is 0 Å². The van der Waals surface area contributed by atoms with Crippen LogP contribution in [0.3, 0.4) is 0 Å². The van der Waals surface area contributed by atoms with Crippen molar-refractivity contribution >= 4 is 18.1 Å². The summed E-state index contributed by atoms with van der Waals surface area (Å²) in [5, 5.41) is 6.54. The van der Waals surface area contributed by atoms with Crippen molar-refractivity contribution in [3.63, 3.8) is 0 Å². The van der Waals surface area contributed by atoms with Gasteiger partial charge in [0.2, 0.25) is 11.9 Å². The summed E-state index contributed by atoms with van der Waals surface area (Å²) in [7, 11) is 0. The van der Waals surface area contributed by atoms with E-state index < -0.39 is 6.04 Å². The van der Waals surface area contributed by atoms with E-state index in [1.165, 1.54) is 0 Å². The van der Waals surface area contributed by atoms with Crippen molar-refractivity contribution in [3.8, 4) is 22.6 Å². The number of rotatable bonds is 14. The van der Waals surface area contributed by atoms with Crippen LogP contribution in [-0.4, -0.2) is 45.8 Å². The molecule has 1 unspecified atom stereocenters. The fourth-order valence-electron chi connectivity index (χ4n) is 3.91. The maximum atomic E-state index is 6.40. The predicted molar refractivity (Wildman–Crippen MR) is 162 cm³/mol. The number of aryl methyl sites for hydroxylation is 1. The Labute approximate surface area is 236 Å². The highest BCUT2D eigenvalue weighted by Crippen LogP contribution is 2.32. The predicted octanol–water partition coefficient (Wildman–Crippen LogP) is 6.03. The van der Waals surface area contributed by atoms with Gasteiger partial charge < -0.3 is 20.8 Å². The van der Waals surface area contributed by atoms with Crippen molar-refractivity contribution in [1.29, 1.82) is 0 Å². The second kappa shape index (κ2) is 14.3. The summed E-state index contributed by atoms with van der Waals surface area (Å²) in [5.41, 5.74) is 9.29. The summed E-state index contributed by atoms with van der Waals surface area (Å²) >= 11 is 0. The maximum absolute atomic E-state index is 6.40. The van der Waals surface area contributed by atoms with Gasteiger partial charge in [-0.2, -0.15) is 15.0 Å². The number of nitrogens with zero attached hydrogens (tertiary/aromatic N) is 5. The Kier molecular flexibility index (Phi) is 10.3. The highest BCUT2D eigenvalue weighted by molar-refractivity contribution is 5.76. The van der Waals surface area contributed by atoms with Crippen LogP contribution in [0.5, 0.6) is 0 Å². The molecule has 0 aliphatic carbocycles. The average Bonchev–Trinajstić information content (AvgIpc) is 3.40. The molecule has 40 heavy (non-hydrogen) atoms. The summed E-state index contributed by atoms with van der Waals surface area (Å²) in [5.74, 6) is 3.89. The standard InChI is InChI=1S/C31H40N8O/c1-21(2)18-34-30-37-29(38-31(39-30)35-19-22(3)4)25(32)20-33-17-11-16-26-36-27(23-12-7-5-8-13-23)28(40-26)24-14-9-6-10-15-24/h5-10,12-15,20-22,25H,11,16-19,32H2,1-4H3,(H2,34,35,37,38,39). The molecule has 210 valence electrons. The number of hydrogen-bond acceptors (Lipinski definition) is 9. The molecule has 0 saturated heterocycles. The molecule has 4 aromatic rings. The first-order valence-corrected chi connectivity index (χ1v) is 14.0. The van der Waals surface area contributed by atoms with Crippen LogP contribution < -0.4 is 16.4 Å².